The zero-order valence-electron chi connectivity index (χ0n) is 15.0. The topological polar surface area (TPSA) is 53.0 Å². The minimum absolute atomic E-state index is 0.195. The number of likely N-dealkylation sites (tertiary alicyclic amines) is 1. The van der Waals surface area contributed by atoms with E-state index in [1.54, 1.807) is 36.0 Å². The number of hydrogen-bond donors (Lipinski definition) is 0. The van der Waals surface area contributed by atoms with E-state index in [1.165, 1.54) is 17.7 Å². The normalized spacial score (nSPS) is 17.0. The SMILES string of the molecule is O=C1c2ccccc2C(=O)N1CCSC(=Nc1ccccc1)N1CCCC1. The van der Waals surface area contributed by atoms with Crippen molar-refractivity contribution in [1.29, 1.82) is 0 Å². The number of hydrogen-bond acceptors (Lipinski definition) is 4. The molecule has 0 radical (unpaired) electrons. The van der Waals surface area contributed by atoms with Crippen LogP contribution in [-0.4, -0.2) is 52.2 Å². The number of aliphatic imine (C=N–C) groups is 1. The molecule has 0 aromatic heterocycles. The quantitative estimate of drug-likeness (QED) is 0.461. The summed E-state index contributed by atoms with van der Waals surface area (Å²) >= 11 is 1.61. The van der Waals surface area contributed by atoms with E-state index in [-0.39, 0.29) is 11.8 Å². The lowest BCUT2D eigenvalue weighted by molar-refractivity contribution is 0.0664. The van der Waals surface area contributed by atoms with Gasteiger partial charge in [-0.15, -0.1) is 0 Å². The smallest absolute Gasteiger partial charge is 0.261 e. The van der Waals surface area contributed by atoms with Crippen LogP contribution in [0.5, 0.6) is 0 Å². The maximum absolute atomic E-state index is 12.5. The van der Waals surface area contributed by atoms with Crippen molar-refractivity contribution < 1.29 is 9.59 Å². The average Bonchev–Trinajstić information content (AvgIpc) is 3.32. The lowest BCUT2D eigenvalue weighted by Gasteiger charge is -2.20. The Morgan fingerprint density at radius 3 is 2.11 bits per heavy atom. The number of para-hydroxylation sites is 1. The zero-order chi connectivity index (χ0) is 18.6. The summed E-state index contributed by atoms with van der Waals surface area (Å²) in [7, 11) is 0. The Morgan fingerprint density at radius 1 is 0.889 bits per heavy atom. The minimum atomic E-state index is -0.195. The highest BCUT2D eigenvalue weighted by atomic mass is 32.2. The first kappa shape index (κ1) is 17.8. The van der Waals surface area contributed by atoms with Gasteiger partial charge in [0.1, 0.15) is 0 Å². The molecule has 6 heteroatoms. The van der Waals surface area contributed by atoms with Crippen LogP contribution in [0.2, 0.25) is 0 Å². The molecule has 2 aromatic rings. The number of carbonyl (C=O) groups is 2. The van der Waals surface area contributed by atoms with Crippen molar-refractivity contribution in [2.45, 2.75) is 12.8 Å². The van der Waals surface area contributed by atoms with Crippen molar-refractivity contribution in [3.8, 4) is 0 Å². The Bertz CT molecular complexity index is 841. The monoisotopic (exact) mass is 379 g/mol. The van der Waals surface area contributed by atoms with Crippen LogP contribution in [0.1, 0.15) is 33.6 Å². The molecule has 0 N–H and O–H groups in total. The summed E-state index contributed by atoms with van der Waals surface area (Å²) in [6.07, 6.45) is 2.35. The molecule has 0 saturated carbocycles. The van der Waals surface area contributed by atoms with Gasteiger partial charge in [-0.05, 0) is 37.1 Å². The van der Waals surface area contributed by atoms with Crippen LogP contribution < -0.4 is 0 Å². The number of benzene rings is 2. The summed E-state index contributed by atoms with van der Waals surface area (Å²) in [4.78, 5) is 33.4. The highest BCUT2D eigenvalue weighted by Crippen LogP contribution is 2.24. The summed E-state index contributed by atoms with van der Waals surface area (Å²) in [6.45, 7) is 2.40. The van der Waals surface area contributed by atoms with Crippen molar-refractivity contribution in [3.05, 3.63) is 65.7 Å². The Balaban J connectivity index is 1.44. The Morgan fingerprint density at radius 2 is 1.48 bits per heavy atom. The van der Waals surface area contributed by atoms with Crippen LogP contribution in [0.15, 0.2) is 59.6 Å². The van der Waals surface area contributed by atoms with E-state index < -0.39 is 0 Å². The van der Waals surface area contributed by atoms with Gasteiger partial charge in [0.05, 0.1) is 16.8 Å². The Labute approximate surface area is 163 Å². The number of amides is 2. The van der Waals surface area contributed by atoms with Crippen molar-refractivity contribution in [3.63, 3.8) is 0 Å². The molecule has 2 aliphatic heterocycles. The van der Waals surface area contributed by atoms with Crippen molar-refractivity contribution in [2.24, 2.45) is 4.99 Å². The molecule has 1 saturated heterocycles. The van der Waals surface area contributed by atoms with Crippen LogP contribution in [-0.2, 0) is 0 Å². The van der Waals surface area contributed by atoms with E-state index in [9.17, 15) is 9.59 Å². The third-order valence-electron chi connectivity index (χ3n) is 4.78. The molecule has 2 aromatic carbocycles. The highest BCUT2D eigenvalue weighted by molar-refractivity contribution is 8.13. The predicted molar refractivity (Wildman–Crippen MR) is 109 cm³/mol. The second-order valence-electron chi connectivity index (χ2n) is 6.58. The van der Waals surface area contributed by atoms with Gasteiger partial charge >= 0.3 is 0 Å². The number of carbonyl (C=O) groups excluding carboxylic acids is 2. The molecule has 2 heterocycles. The fraction of sp³-hybridized carbons (Fsp3) is 0.286. The van der Waals surface area contributed by atoms with Gasteiger partial charge in [-0.3, -0.25) is 14.5 Å². The molecular formula is C21H21N3O2S. The molecule has 4 rings (SSSR count). The zero-order valence-corrected chi connectivity index (χ0v) is 15.8. The summed E-state index contributed by atoms with van der Waals surface area (Å²) in [5, 5.41) is 0.968. The maximum Gasteiger partial charge on any atom is 0.261 e. The second-order valence-corrected chi connectivity index (χ2v) is 7.64. The van der Waals surface area contributed by atoms with Gasteiger partial charge < -0.3 is 4.90 Å². The number of imide groups is 1. The van der Waals surface area contributed by atoms with E-state index in [2.05, 4.69) is 4.90 Å². The van der Waals surface area contributed by atoms with Crippen molar-refractivity contribution in [1.82, 2.24) is 9.80 Å². The van der Waals surface area contributed by atoms with Gasteiger partial charge in [0, 0.05) is 25.4 Å². The standard InChI is InChI=1S/C21H21N3O2S/c25-19-17-10-4-5-11-18(17)20(26)24(19)14-15-27-21(23-12-6-7-13-23)22-16-8-2-1-3-9-16/h1-5,8-11H,6-7,12-15H2. The number of amidine groups is 1. The third kappa shape index (κ3) is 3.76. The van der Waals surface area contributed by atoms with Crippen LogP contribution in [0, 0.1) is 0 Å². The molecule has 138 valence electrons. The van der Waals surface area contributed by atoms with E-state index in [0.717, 1.165) is 23.9 Å². The molecule has 0 bridgehead atoms. The number of nitrogens with zero attached hydrogens (tertiary/aromatic N) is 3. The van der Waals surface area contributed by atoms with Gasteiger partial charge in [0.25, 0.3) is 11.8 Å². The van der Waals surface area contributed by atoms with Gasteiger partial charge in [-0.1, -0.05) is 42.1 Å². The van der Waals surface area contributed by atoms with Crippen molar-refractivity contribution in [2.75, 3.05) is 25.4 Å². The molecular weight excluding hydrogens is 358 g/mol. The first-order valence-electron chi connectivity index (χ1n) is 9.21. The summed E-state index contributed by atoms with van der Waals surface area (Å²) in [6, 6.07) is 16.9. The Kier molecular flexibility index (Phi) is 5.25. The largest absolute Gasteiger partial charge is 0.351 e. The Hall–Kier alpha value is -2.60. The molecule has 1 fully saturated rings. The molecule has 2 amide bonds. The van der Waals surface area contributed by atoms with E-state index in [1.807, 2.05) is 30.3 Å². The van der Waals surface area contributed by atoms with E-state index in [0.29, 0.717) is 23.4 Å². The second kappa shape index (κ2) is 7.96. The number of fused-ring (bicyclic) bond motifs is 1. The fourth-order valence-corrected chi connectivity index (χ4v) is 4.38. The summed E-state index contributed by atoms with van der Waals surface area (Å²) in [5.41, 5.74) is 1.93. The summed E-state index contributed by atoms with van der Waals surface area (Å²) < 4.78 is 0. The van der Waals surface area contributed by atoms with Crippen LogP contribution >= 0.6 is 11.8 Å². The third-order valence-corrected chi connectivity index (χ3v) is 5.78. The van der Waals surface area contributed by atoms with Crippen molar-refractivity contribution >= 4 is 34.4 Å². The average molecular weight is 379 g/mol. The van der Waals surface area contributed by atoms with E-state index >= 15 is 0 Å². The van der Waals surface area contributed by atoms with E-state index in [4.69, 9.17) is 4.99 Å². The molecule has 0 aliphatic carbocycles. The minimum Gasteiger partial charge on any atom is -0.351 e. The molecule has 27 heavy (non-hydrogen) atoms. The summed E-state index contributed by atoms with van der Waals surface area (Å²) in [5.74, 6) is 0.242. The number of rotatable bonds is 4. The first-order valence-corrected chi connectivity index (χ1v) is 10.2. The van der Waals surface area contributed by atoms with Crippen LogP contribution in [0.4, 0.5) is 5.69 Å². The first-order chi connectivity index (χ1) is 13.2. The lowest BCUT2D eigenvalue weighted by atomic mass is 10.1. The van der Waals surface area contributed by atoms with Gasteiger partial charge in [0.15, 0.2) is 5.17 Å². The molecule has 0 unspecified atom stereocenters. The lowest BCUT2D eigenvalue weighted by Crippen LogP contribution is -2.33. The molecule has 5 nitrogen and oxygen atoms in total. The number of thioether (sulfide) groups is 1. The van der Waals surface area contributed by atoms with Gasteiger partial charge in [-0.25, -0.2) is 4.99 Å². The molecule has 2 aliphatic rings. The van der Waals surface area contributed by atoms with Gasteiger partial charge in [0.2, 0.25) is 0 Å². The van der Waals surface area contributed by atoms with Crippen LogP contribution in [0.3, 0.4) is 0 Å². The van der Waals surface area contributed by atoms with Gasteiger partial charge in [-0.2, -0.15) is 0 Å². The molecule has 0 atom stereocenters. The highest BCUT2D eigenvalue weighted by Gasteiger charge is 2.34. The maximum atomic E-state index is 12.5. The molecule has 0 spiro atoms. The fourth-order valence-electron chi connectivity index (χ4n) is 3.39. The predicted octanol–water partition coefficient (Wildman–Crippen LogP) is 3.80. The van der Waals surface area contributed by atoms with Crippen LogP contribution in [0.25, 0.3) is 0 Å².